The fraction of sp³-hybridized carbons (Fsp3) is 0.261. The molecule has 3 rings (SSSR count). The van der Waals surface area contributed by atoms with Crippen molar-refractivity contribution in [2.45, 2.75) is 33.3 Å². The van der Waals surface area contributed by atoms with Gasteiger partial charge in [-0.3, -0.25) is 9.59 Å². The summed E-state index contributed by atoms with van der Waals surface area (Å²) in [5.74, 6) is -0.757. The Morgan fingerprint density at radius 1 is 1.07 bits per heavy atom. The Balaban J connectivity index is 1.66. The van der Waals surface area contributed by atoms with Crippen LogP contribution in [0.1, 0.15) is 46.9 Å². The molecule has 0 aliphatic carbocycles. The van der Waals surface area contributed by atoms with E-state index in [9.17, 15) is 9.59 Å². The van der Waals surface area contributed by atoms with Gasteiger partial charge >= 0.3 is 5.97 Å². The van der Waals surface area contributed by atoms with Crippen molar-refractivity contribution in [3.63, 3.8) is 0 Å². The highest BCUT2D eigenvalue weighted by Crippen LogP contribution is 2.23. The Labute approximate surface area is 170 Å². The first-order valence-corrected chi connectivity index (χ1v) is 9.58. The maximum absolute atomic E-state index is 12.7. The number of hydrogen-bond donors (Lipinski definition) is 1. The van der Waals surface area contributed by atoms with E-state index in [4.69, 9.17) is 4.74 Å². The van der Waals surface area contributed by atoms with Crippen molar-refractivity contribution in [3.05, 3.63) is 83.2 Å². The second-order valence-corrected chi connectivity index (χ2v) is 7.17. The number of benzene rings is 2. The first-order chi connectivity index (χ1) is 14.0. The van der Waals surface area contributed by atoms with Crippen molar-refractivity contribution >= 4 is 11.9 Å². The molecule has 0 saturated carbocycles. The van der Waals surface area contributed by atoms with Crippen LogP contribution in [0, 0.1) is 6.92 Å². The number of aryl methyl sites for hydroxylation is 1. The number of hydrogen-bond acceptors (Lipinski definition) is 4. The van der Waals surface area contributed by atoms with E-state index in [1.54, 1.807) is 10.9 Å². The van der Waals surface area contributed by atoms with Crippen LogP contribution in [-0.2, 0) is 16.1 Å². The van der Waals surface area contributed by atoms with E-state index in [0.717, 1.165) is 22.5 Å². The first kappa shape index (κ1) is 20.3. The average Bonchev–Trinajstić information content (AvgIpc) is 3.17. The zero-order chi connectivity index (χ0) is 20.8. The van der Waals surface area contributed by atoms with Gasteiger partial charge in [0.15, 0.2) is 0 Å². The lowest BCUT2D eigenvalue weighted by Gasteiger charge is -2.13. The van der Waals surface area contributed by atoms with Crippen LogP contribution in [-0.4, -0.2) is 28.2 Å². The van der Waals surface area contributed by atoms with Crippen molar-refractivity contribution < 1.29 is 14.3 Å². The van der Waals surface area contributed by atoms with Gasteiger partial charge < -0.3 is 10.1 Å². The van der Waals surface area contributed by atoms with E-state index in [1.165, 1.54) is 0 Å². The molecule has 29 heavy (non-hydrogen) atoms. The lowest BCUT2D eigenvalue weighted by molar-refractivity contribution is -0.143. The molecule has 6 heteroatoms. The van der Waals surface area contributed by atoms with E-state index in [2.05, 4.69) is 10.4 Å². The third kappa shape index (κ3) is 5.10. The lowest BCUT2D eigenvalue weighted by atomic mass is 10.0. The highest BCUT2D eigenvalue weighted by Gasteiger charge is 2.21. The fourth-order valence-electron chi connectivity index (χ4n) is 3.02. The Morgan fingerprint density at radius 3 is 2.41 bits per heavy atom. The summed E-state index contributed by atoms with van der Waals surface area (Å²) in [7, 11) is 0. The van der Waals surface area contributed by atoms with Gasteiger partial charge in [-0.1, -0.05) is 61.9 Å². The molecule has 1 aromatic heterocycles. The second kappa shape index (κ2) is 9.19. The molecule has 0 fully saturated rings. The molecular formula is C23H25N3O3. The third-order valence-corrected chi connectivity index (χ3v) is 4.51. The third-order valence-electron chi connectivity index (χ3n) is 4.51. The van der Waals surface area contributed by atoms with Crippen molar-refractivity contribution in [3.8, 4) is 5.69 Å². The molecule has 0 aliphatic heterocycles. The van der Waals surface area contributed by atoms with Gasteiger partial charge in [-0.25, -0.2) is 4.68 Å². The maximum Gasteiger partial charge on any atom is 0.325 e. The summed E-state index contributed by atoms with van der Waals surface area (Å²) in [5, 5.41) is 7.04. The second-order valence-electron chi connectivity index (χ2n) is 7.17. The summed E-state index contributed by atoms with van der Waals surface area (Å²) in [5.41, 5.74) is 4.19. The lowest BCUT2D eigenvalue weighted by Crippen LogP contribution is -2.31. The van der Waals surface area contributed by atoms with Gasteiger partial charge in [0.1, 0.15) is 13.2 Å². The van der Waals surface area contributed by atoms with Crippen LogP contribution in [0.2, 0.25) is 0 Å². The van der Waals surface area contributed by atoms with Crippen LogP contribution >= 0.6 is 0 Å². The maximum atomic E-state index is 12.7. The van der Waals surface area contributed by atoms with Crippen LogP contribution in [0.15, 0.2) is 60.8 Å². The van der Waals surface area contributed by atoms with Crippen molar-refractivity contribution in [2.75, 3.05) is 6.54 Å². The Morgan fingerprint density at radius 2 is 1.76 bits per heavy atom. The SMILES string of the molecule is Cc1ccc(-n2ncc(C(=O)NCC(=O)OCc3ccccc3)c2C(C)C)cc1. The molecule has 1 amide bonds. The van der Waals surface area contributed by atoms with E-state index in [0.29, 0.717) is 5.56 Å². The number of nitrogens with zero attached hydrogens (tertiary/aromatic N) is 2. The topological polar surface area (TPSA) is 73.2 Å². The number of carbonyl (C=O) groups excluding carboxylic acids is 2. The number of amides is 1. The van der Waals surface area contributed by atoms with Gasteiger partial charge in [-0.15, -0.1) is 0 Å². The van der Waals surface area contributed by atoms with E-state index < -0.39 is 5.97 Å². The molecular weight excluding hydrogens is 366 g/mol. The molecule has 1 heterocycles. The Kier molecular flexibility index (Phi) is 6.44. The zero-order valence-corrected chi connectivity index (χ0v) is 16.9. The van der Waals surface area contributed by atoms with Crippen LogP contribution in [0.25, 0.3) is 5.69 Å². The summed E-state index contributed by atoms with van der Waals surface area (Å²) in [6, 6.07) is 17.4. The normalized spacial score (nSPS) is 10.8. The van der Waals surface area contributed by atoms with Crippen molar-refractivity contribution in [1.29, 1.82) is 0 Å². The molecule has 0 unspecified atom stereocenters. The van der Waals surface area contributed by atoms with Gasteiger partial charge in [0.05, 0.1) is 23.1 Å². The van der Waals surface area contributed by atoms with Crippen molar-refractivity contribution in [2.24, 2.45) is 0 Å². The molecule has 0 saturated heterocycles. The summed E-state index contributed by atoms with van der Waals surface area (Å²) in [4.78, 5) is 24.6. The summed E-state index contributed by atoms with van der Waals surface area (Å²) < 4.78 is 6.97. The molecule has 6 nitrogen and oxygen atoms in total. The fourth-order valence-corrected chi connectivity index (χ4v) is 3.02. The quantitative estimate of drug-likeness (QED) is 0.622. The van der Waals surface area contributed by atoms with Crippen LogP contribution < -0.4 is 5.32 Å². The van der Waals surface area contributed by atoms with Gasteiger partial charge in [0.25, 0.3) is 5.91 Å². The average molecular weight is 391 g/mol. The largest absolute Gasteiger partial charge is 0.460 e. The zero-order valence-electron chi connectivity index (χ0n) is 16.9. The van der Waals surface area contributed by atoms with Gasteiger partial charge in [-0.05, 0) is 30.5 Å². The Bertz CT molecular complexity index is 976. The summed E-state index contributed by atoms with van der Waals surface area (Å²) >= 11 is 0. The molecule has 0 aliphatic rings. The van der Waals surface area contributed by atoms with E-state index in [-0.39, 0.29) is 25.0 Å². The molecule has 0 spiro atoms. The highest BCUT2D eigenvalue weighted by molar-refractivity contribution is 5.97. The van der Waals surface area contributed by atoms with E-state index >= 15 is 0 Å². The molecule has 150 valence electrons. The molecule has 2 aromatic carbocycles. The smallest absolute Gasteiger partial charge is 0.325 e. The Hall–Kier alpha value is -3.41. The summed E-state index contributed by atoms with van der Waals surface area (Å²) in [6.07, 6.45) is 1.54. The predicted molar refractivity (Wildman–Crippen MR) is 111 cm³/mol. The summed E-state index contributed by atoms with van der Waals surface area (Å²) in [6.45, 7) is 6.02. The minimum atomic E-state index is -0.487. The van der Waals surface area contributed by atoms with Crippen LogP contribution in [0.3, 0.4) is 0 Å². The molecule has 0 bridgehead atoms. The van der Waals surface area contributed by atoms with Crippen molar-refractivity contribution in [1.82, 2.24) is 15.1 Å². The monoisotopic (exact) mass is 391 g/mol. The number of nitrogens with one attached hydrogen (secondary N) is 1. The minimum absolute atomic E-state index is 0.0737. The molecule has 0 radical (unpaired) electrons. The number of aromatic nitrogens is 2. The number of rotatable bonds is 7. The number of esters is 1. The number of ether oxygens (including phenoxy) is 1. The standard InChI is InChI=1S/C23H25N3O3/c1-16(2)22-20(13-25-26(22)19-11-9-17(3)10-12-19)23(28)24-14-21(27)29-15-18-7-5-4-6-8-18/h4-13,16H,14-15H2,1-3H3,(H,24,28). The minimum Gasteiger partial charge on any atom is -0.460 e. The first-order valence-electron chi connectivity index (χ1n) is 9.58. The van der Waals surface area contributed by atoms with Gasteiger partial charge in [-0.2, -0.15) is 5.10 Å². The molecule has 0 atom stereocenters. The molecule has 3 aromatic rings. The molecule has 1 N–H and O–H groups in total. The number of carbonyl (C=O) groups is 2. The van der Waals surface area contributed by atoms with Gasteiger partial charge in [0.2, 0.25) is 0 Å². The van der Waals surface area contributed by atoms with E-state index in [1.807, 2.05) is 75.4 Å². The predicted octanol–water partition coefficient (Wildman–Crippen LogP) is 3.78. The van der Waals surface area contributed by atoms with Gasteiger partial charge in [0, 0.05) is 0 Å². The van der Waals surface area contributed by atoms with Crippen LogP contribution in [0.4, 0.5) is 0 Å². The van der Waals surface area contributed by atoms with Crippen LogP contribution in [0.5, 0.6) is 0 Å². The highest BCUT2D eigenvalue weighted by atomic mass is 16.5.